The van der Waals surface area contributed by atoms with E-state index in [-0.39, 0.29) is 13.0 Å². The van der Waals surface area contributed by atoms with Gasteiger partial charge < -0.3 is 9.47 Å². The quantitative estimate of drug-likeness (QED) is 0.412. The van der Waals surface area contributed by atoms with E-state index in [9.17, 15) is 9.59 Å². The van der Waals surface area contributed by atoms with Crippen LogP contribution in [0.25, 0.3) is 0 Å². The van der Waals surface area contributed by atoms with Crippen molar-refractivity contribution in [3.63, 3.8) is 0 Å². The SMILES string of the molecule is CCOC(=O)C(=O)CCCOc1ccccc1. The minimum Gasteiger partial charge on any atom is -0.494 e. The Morgan fingerprint density at radius 3 is 2.53 bits per heavy atom. The Kier molecular flexibility index (Phi) is 5.79. The number of ether oxygens (including phenoxy) is 2. The summed E-state index contributed by atoms with van der Waals surface area (Å²) in [6, 6.07) is 9.33. The van der Waals surface area contributed by atoms with Crippen LogP contribution in [-0.4, -0.2) is 25.0 Å². The van der Waals surface area contributed by atoms with Crippen molar-refractivity contribution >= 4 is 11.8 Å². The van der Waals surface area contributed by atoms with Gasteiger partial charge >= 0.3 is 5.97 Å². The molecule has 17 heavy (non-hydrogen) atoms. The van der Waals surface area contributed by atoms with Gasteiger partial charge in [-0.25, -0.2) is 4.79 Å². The summed E-state index contributed by atoms with van der Waals surface area (Å²) in [5, 5.41) is 0. The molecular weight excluding hydrogens is 220 g/mol. The third-order valence-corrected chi connectivity index (χ3v) is 2.06. The summed E-state index contributed by atoms with van der Waals surface area (Å²) >= 11 is 0. The van der Waals surface area contributed by atoms with Crippen LogP contribution in [0, 0.1) is 0 Å². The first kappa shape index (κ1) is 13.2. The molecule has 0 bridgehead atoms. The lowest BCUT2D eigenvalue weighted by atomic mass is 10.2. The lowest BCUT2D eigenvalue weighted by Gasteiger charge is -2.05. The second-order valence-electron chi connectivity index (χ2n) is 3.41. The maximum Gasteiger partial charge on any atom is 0.374 e. The topological polar surface area (TPSA) is 52.6 Å². The molecule has 0 N–H and O–H groups in total. The molecule has 0 aliphatic carbocycles. The van der Waals surface area contributed by atoms with E-state index in [0.29, 0.717) is 13.0 Å². The molecular formula is C13H16O4. The average molecular weight is 236 g/mol. The highest BCUT2D eigenvalue weighted by atomic mass is 16.5. The van der Waals surface area contributed by atoms with Gasteiger partial charge in [-0.05, 0) is 25.5 Å². The first-order valence-corrected chi connectivity index (χ1v) is 5.62. The lowest BCUT2D eigenvalue weighted by Crippen LogP contribution is -2.17. The maximum absolute atomic E-state index is 11.2. The predicted octanol–water partition coefficient (Wildman–Crippen LogP) is 1.98. The van der Waals surface area contributed by atoms with Gasteiger partial charge in [-0.15, -0.1) is 0 Å². The van der Waals surface area contributed by atoms with Crippen LogP contribution in [0.15, 0.2) is 30.3 Å². The van der Waals surface area contributed by atoms with Crippen molar-refractivity contribution < 1.29 is 19.1 Å². The summed E-state index contributed by atoms with van der Waals surface area (Å²) in [7, 11) is 0. The van der Waals surface area contributed by atoms with E-state index in [1.807, 2.05) is 30.3 Å². The molecule has 4 heteroatoms. The second-order valence-corrected chi connectivity index (χ2v) is 3.41. The molecule has 0 atom stereocenters. The Morgan fingerprint density at radius 1 is 1.18 bits per heavy atom. The van der Waals surface area contributed by atoms with Crippen molar-refractivity contribution in [2.45, 2.75) is 19.8 Å². The molecule has 1 aromatic carbocycles. The van der Waals surface area contributed by atoms with E-state index in [0.717, 1.165) is 5.75 Å². The van der Waals surface area contributed by atoms with E-state index in [4.69, 9.17) is 4.74 Å². The highest BCUT2D eigenvalue weighted by Crippen LogP contribution is 2.08. The van der Waals surface area contributed by atoms with Gasteiger partial charge in [0.25, 0.3) is 0 Å². The standard InChI is InChI=1S/C13H16O4/c1-2-16-13(15)12(14)9-6-10-17-11-7-4-3-5-8-11/h3-5,7-8H,2,6,9-10H2,1H3. The fourth-order valence-electron chi connectivity index (χ4n) is 1.25. The van der Waals surface area contributed by atoms with E-state index in [1.54, 1.807) is 6.92 Å². The summed E-state index contributed by atoms with van der Waals surface area (Å²) < 4.78 is 9.98. The zero-order chi connectivity index (χ0) is 12.5. The normalized spacial score (nSPS) is 9.71. The monoisotopic (exact) mass is 236 g/mol. The van der Waals surface area contributed by atoms with Crippen LogP contribution < -0.4 is 4.74 Å². The minimum atomic E-state index is -0.757. The Morgan fingerprint density at radius 2 is 1.88 bits per heavy atom. The van der Waals surface area contributed by atoms with Gasteiger partial charge in [0.1, 0.15) is 5.75 Å². The number of rotatable bonds is 7. The van der Waals surface area contributed by atoms with Crippen molar-refractivity contribution in [2.24, 2.45) is 0 Å². The molecule has 0 heterocycles. The molecule has 0 aliphatic rings. The molecule has 0 fully saturated rings. The van der Waals surface area contributed by atoms with Gasteiger partial charge in [0.05, 0.1) is 13.2 Å². The fourth-order valence-corrected chi connectivity index (χ4v) is 1.25. The van der Waals surface area contributed by atoms with Gasteiger partial charge in [0.2, 0.25) is 5.78 Å². The zero-order valence-electron chi connectivity index (χ0n) is 9.85. The number of para-hydroxylation sites is 1. The Balaban J connectivity index is 2.16. The summed E-state index contributed by atoms with van der Waals surface area (Å²) in [6.45, 7) is 2.31. The number of carbonyl (C=O) groups excluding carboxylic acids is 2. The molecule has 0 aliphatic heterocycles. The number of benzene rings is 1. The molecule has 4 nitrogen and oxygen atoms in total. The van der Waals surface area contributed by atoms with Gasteiger partial charge in [0.15, 0.2) is 0 Å². The number of hydrogen-bond acceptors (Lipinski definition) is 4. The average Bonchev–Trinajstić information content (AvgIpc) is 2.36. The smallest absolute Gasteiger partial charge is 0.374 e. The highest BCUT2D eigenvalue weighted by molar-refractivity contribution is 6.33. The number of esters is 1. The van der Waals surface area contributed by atoms with Crippen LogP contribution in [0.4, 0.5) is 0 Å². The van der Waals surface area contributed by atoms with Crippen molar-refractivity contribution in [1.82, 2.24) is 0 Å². The summed E-state index contributed by atoms with van der Waals surface area (Å²) in [5.41, 5.74) is 0. The Labute approximate surface area is 101 Å². The van der Waals surface area contributed by atoms with E-state index in [1.165, 1.54) is 0 Å². The number of ketones is 1. The van der Waals surface area contributed by atoms with E-state index >= 15 is 0 Å². The second kappa shape index (κ2) is 7.44. The van der Waals surface area contributed by atoms with Crippen molar-refractivity contribution in [3.8, 4) is 5.75 Å². The fraction of sp³-hybridized carbons (Fsp3) is 0.385. The molecule has 0 saturated heterocycles. The zero-order valence-corrected chi connectivity index (χ0v) is 9.85. The van der Waals surface area contributed by atoms with Gasteiger partial charge in [-0.3, -0.25) is 4.79 Å². The van der Waals surface area contributed by atoms with E-state index in [2.05, 4.69) is 4.74 Å². The molecule has 0 aromatic heterocycles. The third-order valence-electron chi connectivity index (χ3n) is 2.06. The van der Waals surface area contributed by atoms with Crippen LogP contribution in [0.2, 0.25) is 0 Å². The molecule has 0 saturated carbocycles. The van der Waals surface area contributed by atoms with Gasteiger partial charge in [0, 0.05) is 6.42 Å². The highest BCUT2D eigenvalue weighted by Gasteiger charge is 2.13. The molecule has 0 radical (unpaired) electrons. The number of carbonyl (C=O) groups is 2. The largest absolute Gasteiger partial charge is 0.494 e. The predicted molar refractivity (Wildman–Crippen MR) is 62.8 cm³/mol. The van der Waals surface area contributed by atoms with Crippen molar-refractivity contribution in [1.29, 1.82) is 0 Å². The van der Waals surface area contributed by atoms with Crippen LogP contribution in [-0.2, 0) is 14.3 Å². The molecule has 92 valence electrons. The van der Waals surface area contributed by atoms with Crippen LogP contribution >= 0.6 is 0 Å². The summed E-state index contributed by atoms with van der Waals surface area (Å²) in [5.74, 6) is -0.494. The lowest BCUT2D eigenvalue weighted by molar-refractivity contribution is -0.153. The molecule has 1 aromatic rings. The first-order valence-electron chi connectivity index (χ1n) is 5.62. The van der Waals surface area contributed by atoms with Crippen LogP contribution in [0.5, 0.6) is 5.75 Å². The van der Waals surface area contributed by atoms with Crippen LogP contribution in [0.3, 0.4) is 0 Å². The summed E-state index contributed by atoms with van der Waals surface area (Å²) in [6.07, 6.45) is 0.665. The Hall–Kier alpha value is -1.84. The molecule has 0 spiro atoms. The number of Topliss-reactive ketones (excluding diaryl/α,β-unsaturated/α-hetero) is 1. The number of hydrogen-bond donors (Lipinski definition) is 0. The maximum atomic E-state index is 11.2. The summed E-state index contributed by atoms with van der Waals surface area (Å²) in [4.78, 5) is 22.2. The third kappa shape index (κ3) is 5.15. The van der Waals surface area contributed by atoms with Crippen LogP contribution in [0.1, 0.15) is 19.8 Å². The van der Waals surface area contributed by atoms with E-state index < -0.39 is 11.8 Å². The minimum absolute atomic E-state index is 0.158. The Bertz CT molecular complexity index is 359. The molecule has 1 rings (SSSR count). The van der Waals surface area contributed by atoms with Gasteiger partial charge in [-0.2, -0.15) is 0 Å². The van der Waals surface area contributed by atoms with Crippen molar-refractivity contribution in [2.75, 3.05) is 13.2 Å². The van der Waals surface area contributed by atoms with Gasteiger partial charge in [-0.1, -0.05) is 18.2 Å². The first-order chi connectivity index (χ1) is 8.24. The molecule has 0 amide bonds. The van der Waals surface area contributed by atoms with Crippen molar-refractivity contribution in [3.05, 3.63) is 30.3 Å². The molecule has 0 unspecified atom stereocenters.